The summed E-state index contributed by atoms with van der Waals surface area (Å²) in [6.07, 6.45) is 2.02. The molecule has 0 aliphatic carbocycles. The van der Waals surface area contributed by atoms with Crippen molar-refractivity contribution in [3.05, 3.63) is 54.0 Å². The summed E-state index contributed by atoms with van der Waals surface area (Å²) in [7, 11) is 0. The Morgan fingerprint density at radius 3 is 2.91 bits per heavy atom. The molecule has 2 aromatic rings. The highest BCUT2D eigenvalue weighted by Gasteiger charge is 2.14. The van der Waals surface area contributed by atoms with Gasteiger partial charge in [0.25, 0.3) is 5.91 Å². The van der Waals surface area contributed by atoms with E-state index in [1.807, 2.05) is 6.92 Å². The summed E-state index contributed by atoms with van der Waals surface area (Å²) in [5.41, 5.74) is 0.868. The number of halogens is 1. The van der Waals surface area contributed by atoms with Gasteiger partial charge >= 0.3 is 0 Å². The first-order valence-corrected chi connectivity index (χ1v) is 6.99. The Hall–Kier alpha value is -2.47. The molecule has 1 heterocycles. The largest absolute Gasteiger partial charge is 0.396 e. The Morgan fingerprint density at radius 1 is 1.36 bits per heavy atom. The van der Waals surface area contributed by atoms with Gasteiger partial charge in [-0.3, -0.25) is 4.79 Å². The van der Waals surface area contributed by atoms with Gasteiger partial charge in [0.05, 0.1) is 5.56 Å². The van der Waals surface area contributed by atoms with Crippen molar-refractivity contribution in [2.45, 2.75) is 19.4 Å². The van der Waals surface area contributed by atoms with Gasteiger partial charge in [0.2, 0.25) is 0 Å². The van der Waals surface area contributed by atoms with Crippen LogP contribution in [0.25, 0.3) is 0 Å². The molecule has 0 radical (unpaired) electrons. The van der Waals surface area contributed by atoms with Crippen LogP contribution in [0.1, 0.15) is 23.7 Å². The average molecular weight is 303 g/mol. The van der Waals surface area contributed by atoms with Gasteiger partial charge < -0.3 is 15.7 Å². The van der Waals surface area contributed by atoms with Gasteiger partial charge in [0.15, 0.2) is 0 Å². The third kappa shape index (κ3) is 4.26. The molecule has 0 fully saturated rings. The van der Waals surface area contributed by atoms with Crippen LogP contribution < -0.4 is 10.6 Å². The van der Waals surface area contributed by atoms with E-state index in [1.54, 1.807) is 30.5 Å². The molecule has 0 spiro atoms. The van der Waals surface area contributed by atoms with E-state index >= 15 is 0 Å². The summed E-state index contributed by atoms with van der Waals surface area (Å²) < 4.78 is 13.2. The monoisotopic (exact) mass is 303 g/mol. The lowest BCUT2D eigenvalue weighted by Crippen LogP contribution is -2.33. The number of aliphatic hydroxyl groups is 1. The lowest BCUT2D eigenvalue weighted by atomic mass is 10.2. The zero-order valence-electron chi connectivity index (χ0n) is 12.2. The summed E-state index contributed by atoms with van der Waals surface area (Å²) in [5, 5.41) is 14.6. The van der Waals surface area contributed by atoms with Crippen molar-refractivity contribution >= 4 is 17.4 Å². The summed E-state index contributed by atoms with van der Waals surface area (Å²) in [4.78, 5) is 16.4. The molecule has 5 nitrogen and oxygen atoms in total. The first-order chi connectivity index (χ1) is 10.6. The first kappa shape index (κ1) is 15.9. The van der Waals surface area contributed by atoms with Crippen LogP contribution in [0.15, 0.2) is 42.6 Å². The Labute approximate surface area is 128 Å². The molecule has 22 heavy (non-hydrogen) atoms. The van der Waals surface area contributed by atoms with Crippen LogP contribution in [0.4, 0.5) is 15.9 Å². The number of carbonyl (C=O) groups excluding carboxylic acids is 1. The fourth-order valence-electron chi connectivity index (χ4n) is 1.96. The number of benzene rings is 1. The number of anilines is 2. The second-order valence-electron chi connectivity index (χ2n) is 4.92. The third-order valence-corrected chi connectivity index (χ3v) is 3.08. The van der Waals surface area contributed by atoms with Gasteiger partial charge in [0.1, 0.15) is 11.6 Å². The molecule has 3 N–H and O–H groups in total. The SMILES string of the molecule is C[C@H](CCO)NC(=O)c1cccnc1Nc1cccc(F)c1. The predicted octanol–water partition coefficient (Wildman–Crippen LogP) is 2.47. The van der Waals surface area contributed by atoms with Crippen molar-refractivity contribution in [1.29, 1.82) is 0 Å². The molecule has 0 saturated heterocycles. The fourth-order valence-corrected chi connectivity index (χ4v) is 1.96. The molecular weight excluding hydrogens is 285 g/mol. The summed E-state index contributed by atoms with van der Waals surface area (Å²) in [5.74, 6) is -0.321. The Morgan fingerprint density at radius 2 is 2.18 bits per heavy atom. The standard InChI is InChI=1S/C16H18FN3O2/c1-11(7-9-21)19-16(22)14-6-3-8-18-15(14)20-13-5-2-4-12(17)10-13/h2-6,8,10-11,21H,7,9H2,1H3,(H,18,20)(H,19,22)/t11-/m1/s1. The van der Waals surface area contributed by atoms with Crippen LogP contribution in [0.2, 0.25) is 0 Å². The van der Waals surface area contributed by atoms with Crippen LogP contribution in [-0.2, 0) is 0 Å². The zero-order valence-corrected chi connectivity index (χ0v) is 12.2. The number of nitrogens with zero attached hydrogens (tertiary/aromatic N) is 1. The summed E-state index contributed by atoms with van der Waals surface area (Å²) in [6, 6.07) is 9.06. The van der Waals surface area contributed by atoms with Crippen LogP contribution >= 0.6 is 0 Å². The van der Waals surface area contributed by atoms with Crippen molar-refractivity contribution in [2.75, 3.05) is 11.9 Å². The summed E-state index contributed by atoms with van der Waals surface area (Å²) in [6.45, 7) is 1.81. The van der Waals surface area contributed by atoms with Gasteiger partial charge in [-0.1, -0.05) is 6.07 Å². The molecule has 1 aromatic heterocycles. The van der Waals surface area contributed by atoms with E-state index in [9.17, 15) is 9.18 Å². The smallest absolute Gasteiger partial charge is 0.255 e. The van der Waals surface area contributed by atoms with Crippen molar-refractivity contribution in [2.24, 2.45) is 0 Å². The van der Waals surface area contributed by atoms with E-state index < -0.39 is 0 Å². The number of amides is 1. The molecule has 2 rings (SSSR count). The maximum atomic E-state index is 13.2. The number of carbonyl (C=O) groups is 1. The quantitative estimate of drug-likeness (QED) is 0.766. The predicted molar refractivity (Wildman–Crippen MR) is 82.6 cm³/mol. The van der Waals surface area contributed by atoms with E-state index in [0.29, 0.717) is 23.5 Å². The van der Waals surface area contributed by atoms with Crippen LogP contribution in [-0.4, -0.2) is 28.6 Å². The number of aliphatic hydroxyl groups excluding tert-OH is 1. The van der Waals surface area contributed by atoms with Crippen LogP contribution in [0, 0.1) is 5.82 Å². The van der Waals surface area contributed by atoms with E-state index in [4.69, 9.17) is 5.11 Å². The second kappa shape index (κ2) is 7.51. The molecule has 1 atom stereocenters. The number of nitrogens with one attached hydrogen (secondary N) is 2. The Balaban J connectivity index is 2.17. The molecule has 1 amide bonds. The van der Waals surface area contributed by atoms with E-state index in [0.717, 1.165) is 0 Å². The number of aromatic nitrogens is 1. The molecule has 0 saturated carbocycles. The Bertz CT molecular complexity index is 649. The normalized spacial score (nSPS) is 11.8. The van der Waals surface area contributed by atoms with Gasteiger partial charge in [-0.05, 0) is 43.7 Å². The van der Waals surface area contributed by atoms with E-state index in [1.165, 1.54) is 12.1 Å². The van der Waals surface area contributed by atoms with Gasteiger partial charge in [-0.2, -0.15) is 0 Å². The lowest BCUT2D eigenvalue weighted by molar-refractivity contribution is 0.0935. The number of pyridine rings is 1. The number of hydrogen-bond acceptors (Lipinski definition) is 4. The molecule has 0 aliphatic rings. The highest BCUT2D eigenvalue weighted by atomic mass is 19.1. The van der Waals surface area contributed by atoms with Crippen LogP contribution in [0.3, 0.4) is 0 Å². The maximum absolute atomic E-state index is 13.2. The van der Waals surface area contributed by atoms with E-state index in [-0.39, 0.29) is 24.4 Å². The molecular formula is C16H18FN3O2. The van der Waals surface area contributed by atoms with Gasteiger partial charge in [0, 0.05) is 24.5 Å². The highest BCUT2D eigenvalue weighted by Crippen LogP contribution is 2.19. The molecule has 0 unspecified atom stereocenters. The summed E-state index contributed by atoms with van der Waals surface area (Å²) >= 11 is 0. The van der Waals surface area contributed by atoms with Crippen molar-refractivity contribution in [3.63, 3.8) is 0 Å². The number of hydrogen-bond donors (Lipinski definition) is 3. The zero-order chi connectivity index (χ0) is 15.9. The van der Waals surface area contributed by atoms with E-state index in [2.05, 4.69) is 15.6 Å². The van der Waals surface area contributed by atoms with Crippen molar-refractivity contribution < 1.29 is 14.3 Å². The minimum atomic E-state index is -0.372. The van der Waals surface area contributed by atoms with Crippen LogP contribution in [0.5, 0.6) is 0 Å². The number of rotatable bonds is 6. The topological polar surface area (TPSA) is 74.2 Å². The third-order valence-electron chi connectivity index (χ3n) is 3.08. The van der Waals surface area contributed by atoms with Gasteiger partial charge in [-0.15, -0.1) is 0 Å². The molecule has 116 valence electrons. The minimum Gasteiger partial charge on any atom is -0.396 e. The first-order valence-electron chi connectivity index (χ1n) is 6.99. The maximum Gasteiger partial charge on any atom is 0.255 e. The van der Waals surface area contributed by atoms with Crippen molar-refractivity contribution in [3.8, 4) is 0 Å². The molecule has 6 heteroatoms. The molecule has 0 aliphatic heterocycles. The molecule has 1 aromatic carbocycles. The Kier molecular flexibility index (Phi) is 5.43. The minimum absolute atomic E-state index is 0.00286. The highest BCUT2D eigenvalue weighted by molar-refractivity contribution is 5.99. The second-order valence-corrected chi connectivity index (χ2v) is 4.92. The lowest BCUT2D eigenvalue weighted by Gasteiger charge is -2.15. The fraction of sp³-hybridized carbons (Fsp3) is 0.250. The molecule has 0 bridgehead atoms. The van der Waals surface area contributed by atoms with Gasteiger partial charge in [-0.25, -0.2) is 9.37 Å². The van der Waals surface area contributed by atoms with Crippen molar-refractivity contribution in [1.82, 2.24) is 10.3 Å². The average Bonchev–Trinajstić information content (AvgIpc) is 2.48.